The molecule has 0 aliphatic carbocycles. The third-order valence-corrected chi connectivity index (χ3v) is 4.64. The number of amides is 2. The van der Waals surface area contributed by atoms with Crippen LogP contribution in [0.15, 0.2) is 29.8 Å². The maximum Gasteiger partial charge on any atom is 0.324 e. The van der Waals surface area contributed by atoms with Crippen LogP contribution in [0.25, 0.3) is 6.08 Å². The fourth-order valence-electron chi connectivity index (χ4n) is 3.08. The van der Waals surface area contributed by atoms with E-state index in [0.29, 0.717) is 25.0 Å². The number of carbonyl (C=O) groups is 1. The summed E-state index contributed by atoms with van der Waals surface area (Å²) in [5.74, 6) is 0.678. The Hall–Kier alpha value is -2.70. The summed E-state index contributed by atoms with van der Waals surface area (Å²) in [5.41, 5.74) is 3.97. The predicted molar refractivity (Wildman–Crippen MR) is 97.0 cm³/mol. The maximum absolute atomic E-state index is 12.4. The minimum atomic E-state index is -0.156. The standard InChI is InChI=1S/C18H24N6O/c1-4-14-6-5-7-15(10-14)11-16-8-9-24(12-13(16)2)18(25)19-17-20-21-22-23(17)3/h5-7,10-11,13H,4,8-9,12H2,1-3H3,(H,19,20,22,25). The number of aromatic nitrogens is 4. The van der Waals surface area contributed by atoms with Gasteiger partial charge in [0, 0.05) is 20.1 Å². The number of tetrazole rings is 1. The van der Waals surface area contributed by atoms with Gasteiger partial charge >= 0.3 is 6.03 Å². The fourth-order valence-corrected chi connectivity index (χ4v) is 3.08. The van der Waals surface area contributed by atoms with Crippen molar-refractivity contribution in [3.05, 3.63) is 41.0 Å². The molecule has 1 aromatic carbocycles. The van der Waals surface area contributed by atoms with Gasteiger partial charge in [-0.2, -0.15) is 0 Å². The molecule has 7 heteroatoms. The second-order valence-electron chi connectivity index (χ2n) is 6.47. The lowest BCUT2D eigenvalue weighted by atomic mass is 9.91. The van der Waals surface area contributed by atoms with E-state index in [9.17, 15) is 4.79 Å². The van der Waals surface area contributed by atoms with Crippen LogP contribution in [-0.4, -0.2) is 44.2 Å². The Morgan fingerprint density at radius 1 is 1.44 bits per heavy atom. The number of piperidine rings is 1. The lowest BCUT2D eigenvalue weighted by Crippen LogP contribution is -2.42. The molecule has 2 heterocycles. The molecule has 2 aromatic rings. The summed E-state index contributed by atoms with van der Waals surface area (Å²) in [6.07, 6.45) is 4.19. The number of rotatable bonds is 3. The van der Waals surface area contributed by atoms with Crippen molar-refractivity contribution >= 4 is 18.1 Å². The fraction of sp³-hybridized carbons (Fsp3) is 0.444. The molecule has 25 heavy (non-hydrogen) atoms. The number of benzene rings is 1. The smallest absolute Gasteiger partial charge is 0.324 e. The molecule has 1 fully saturated rings. The van der Waals surface area contributed by atoms with Crippen LogP contribution in [0.3, 0.4) is 0 Å². The maximum atomic E-state index is 12.4. The van der Waals surface area contributed by atoms with Gasteiger partial charge in [0.05, 0.1) is 0 Å². The molecule has 7 nitrogen and oxygen atoms in total. The summed E-state index contributed by atoms with van der Waals surface area (Å²) in [6.45, 7) is 5.72. The number of anilines is 1. The number of hydrogen-bond acceptors (Lipinski definition) is 4. The molecule has 3 rings (SSSR count). The molecule has 0 bridgehead atoms. The Morgan fingerprint density at radius 3 is 2.96 bits per heavy atom. The molecule has 132 valence electrons. The van der Waals surface area contributed by atoms with E-state index >= 15 is 0 Å². The highest BCUT2D eigenvalue weighted by Gasteiger charge is 2.25. The molecule has 2 amide bonds. The van der Waals surface area contributed by atoms with Crippen molar-refractivity contribution in [2.45, 2.75) is 26.7 Å². The first-order valence-corrected chi connectivity index (χ1v) is 8.64. The van der Waals surface area contributed by atoms with Crippen molar-refractivity contribution in [1.82, 2.24) is 25.1 Å². The van der Waals surface area contributed by atoms with E-state index in [1.807, 2.05) is 4.90 Å². The topological polar surface area (TPSA) is 75.9 Å². The first-order chi connectivity index (χ1) is 12.1. The van der Waals surface area contributed by atoms with Gasteiger partial charge in [0.25, 0.3) is 5.95 Å². The highest BCUT2D eigenvalue weighted by atomic mass is 16.2. The molecule has 0 saturated carbocycles. The van der Waals surface area contributed by atoms with E-state index in [-0.39, 0.29) is 6.03 Å². The van der Waals surface area contributed by atoms with Crippen LogP contribution >= 0.6 is 0 Å². The summed E-state index contributed by atoms with van der Waals surface area (Å²) in [7, 11) is 1.69. The minimum absolute atomic E-state index is 0.156. The molecular formula is C18H24N6O. The molecule has 1 saturated heterocycles. The summed E-state index contributed by atoms with van der Waals surface area (Å²) in [4.78, 5) is 14.2. The largest absolute Gasteiger partial charge is 0.324 e. The summed E-state index contributed by atoms with van der Waals surface area (Å²) in [6, 6.07) is 8.48. The van der Waals surface area contributed by atoms with Crippen LogP contribution in [0.2, 0.25) is 0 Å². The van der Waals surface area contributed by atoms with Crippen molar-refractivity contribution in [2.24, 2.45) is 13.0 Å². The number of hydrogen-bond donors (Lipinski definition) is 1. The van der Waals surface area contributed by atoms with Crippen molar-refractivity contribution in [3.63, 3.8) is 0 Å². The van der Waals surface area contributed by atoms with E-state index < -0.39 is 0 Å². The van der Waals surface area contributed by atoms with Gasteiger partial charge in [-0.1, -0.05) is 54.9 Å². The average Bonchev–Trinajstić information content (AvgIpc) is 3.01. The molecule has 0 radical (unpaired) electrons. The van der Waals surface area contributed by atoms with E-state index in [2.05, 4.69) is 65.0 Å². The SMILES string of the molecule is CCc1cccc(C=C2CCN(C(=O)Nc3nnnn3C)CC2C)c1. The number of carbonyl (C=O) groups excluding carboxylic acids is 1. The van der Waals surface area contributed by atoms with Crippen LogP contribution < -0.4 is 5.32 Å². The molecule has 0 spiro atoms. The van der Waals surface area contributed by atoms with E-state index in [0.717, 1.165) is 12.8 Å². The molecule has 1 atom stereocenters. The third kappa shape index (κ3) is 4.04. The Balaban J connectivity index is 1.64. The van der Waals surface area contributed by atoms with E-state index in [1.54, 1.807) is 7.05 Å². The zero-order valence-corrected chi connectivity index (χ0v) is 14.9. The Labute approximate surface area is 147 Å². The highest BCUT2D eigenvalue weighted by Crippen LogP contribution is 2.25. The molecule has 1 aliphatic heterocycles. The summed E-state index contributed by atoms with van der Waals surface area (Å²) in [5, 5.41) is 13.8. The summed E-state index contributed by atoms with van der Waals surface area (Å²) < 4.78 is 1.44. The minimum Gasteiger partial charge on any atom is -0.324 e. The lowest BCUT2D eigenvalue weighted by Gasteiger charge is -2.33. The monoisotopic (exact) mass is 340 g/mol. The zero-order valence-electron chi connectivity index (χ0n) is 14.9. The summed E-state index contributed by atoms with van der Waals surface area (Å²) >= 11 is 0. The number of aryl methyl sites for hydroxylation is 2. The average molecular weight is 340 g/mol. The normalized spacial score (nSPS) is 19.2. The second-order valence-corrected chi connectivity index (χ2v) is 6.47. The first kappa shape index (κ1) is 17.1. The molecule has 1 N–H and O–H groups in total. The van der Waals surface area contributed by atoms with E-state index in [1.165, 1.54) is 21.4 Å². The van der Waals surface area contributed by atoms with Gasteiger partial charge < -0.3 is 4.90 Å². The molecule has 1 unspecified atom stereocenters. The van der Waals surface area contributed by atoms with Crippen LogP contribution in [0.1, 0.15) is 31.4 Å². The number of urea groups is 1. The third-order valence-electron chi connectivity index (χ3n) is 4.64. The number of nitrogens with one attached hydrogen (secondary N) is 1. The quantitative estimate of drug-likeness (QED) is 0.932. The van der Waals surface area contributed by atoms with Crippen molar-refractivity contribution in [1.29, 1.82) is 0 Å². The van der Waals surface area contributed by atoms with Crippen LogP contribution in [0.5, 0.6) is 0 Å². The Morgan fingerprint density at radius 2 is 2.28 bits per heavy atom. The second kappa shape index (κ2) is 7.46. The van der Waals surface area contributed by atoms with Crippen LogP contribution in [0.4, 0.5) is 10.7 Å². The Bertz CT molecular complexity index is 781. The number of nitrogens with zero attached hydrogens (tertiary/aromatic N) is 5. The zero-order chi connectivity index (χ0) is 17.8. The van der Waals surface area contributed by atoms with Gasteiger partial charge in [-0.05, 0) is 40.3 Å². The highest BCUT2D eigenvalue weighted by molar-refractivity contribution is 5.87. The first-order valence-electron chi connectivity index (χ1n) is 8.64. The van der Waals surface area contributed by atoms with Crippen LogP contribution in [-0.2, 0) is 13.5 Å². The van der Waals surface area contributed by atoms with Gasteiger partial charge in [0.15, 0.2) is 0 Å². The van der Waals surface area contributed by atoms with Crippen molar-refractivity contribution in [2.75, 3.05) is 18.4 Å². The molecule has 1 aromatic heterocycles. The van der Waals surface area contributed by atoms with Gasteiger partial charge in [0.2, 0.25) is 0 Å². The number of likely N-dealkylation sites (tertiary alicyclic amines) is 1. The lowest BCUT2D eigenvalue weighted by molar-refractivity contribution is 0.197. The molecule has 1 aliphatic rings. The van der Waals surface area contributed by atoms with E-state index in [4.69, 9.17) is 0 Å². The molecular weight excluding hydrogens is 316 g/mol. The van der Waals surface area contributed by atoms with Crippen molar-refractivity contribution in [3.8, 4) is 0 Å². The van der Waals surface area contributed by atoms with Gasteiger partial charge in [-0.25, -0.2) is 9.48 Å². The van der Waals surface area contributed by atoms with Gasteiger partial charge in [-0.15, -0.1) is 0 Å². The van der Waals surface area contributed by atoms with Gasteiger partial charge in [-0.3, -0.25) is 5.32 Å². The van der Waals surface area contributed by atoms with Crippen LogP contribution in [0, 0.1) is 5.92 Å². The van der Waals surface area contributed by atoms with Gasteiger partial charge in [0.1, 0.15) is 0 Å². The van der Waals surface area contributed by atoms with Crippen molar-refractivity contribution < 1.29 is 4.79 Å². The predicted octanol–water partition coefficient (Wildman–Crippen LogP) is 2.73. The Kier molecular flexibility index (Phi) is 5.11.